The predicted molar refractivity (Wildman–Crippen MR) is 124 cm³/mol. The molecule has 0 aromatic carbocycles. The number of aliphatic carboxylic acids is 3. The summed E-state index contributed by atoms with van der Waals surface area (Å²) in [7, 11) is 0. The average Bonchev–Trinajstić information content (AvgIpc) is 2.79. The van der Waals surface area contributed by atoms with Crippen LogP contribution in [0.4, 0.5) is 0 Å². The lowest BCUT2D eigenvalue weighted by Gasteiger charge is -2.15. The largest absolute Gasteiger partial charge is 0.481 e. The average molecular weight is 544 g/mol. The van der Waals surface area contributed by atoms with Gasteiger partial charge < -0.3 is 53.4 Å². The summed E-state index contributed by atoms with van der Waals surface area (Å²) in [5.41, 5.74) is 19.9. The van der Waals surface area contributed by atoms with Crippen molar-refractivity contribution < 1.29 is 58.7 Å². The highest BCUT2D eigenvalue weighted by Crippen LogP contribution is 2.03. The Morgan fingerprint density at radius 1 is 0.917 bits per heavy atom. The highest BCUT2D eigenvalue weighted by atomic mass is 32.2. The second kappa shape index (κ2) is 22.2. The minimum Gasteiger partial charge on any atom is -0.481 e. The molecule has 0 aliphatic carbocycles. The number of aliphatic hydroxyl groups excluding tert-OH is 1. The maximum absolute atomic E-state index is 11.6. The first-order chi connectivity index (χ1) is 16.6. The van der Waals surface area contributed by atoms with Gasteiger partial charge in [0.05, 0.1) is 13.0 Å². The molecular weight excluding hydrogens is 510 g/mol. The maximum atomic E-state index is 11.6. The van der Waals surface area contributed by atoms with Crippen molar-refractivity contribution >= 4 is 53.9 Å². The van der Waals surface area contributed by atoms with Crippen LogP contribution in [0, 0.1) is 0 Å². The van der Waals surface area contributed by atoms with Gasteiger partial charge in [0.1, 0.15) is 24.2 Å². The van der Waals surface area contributed by atoms with E-state index in [1.165, 1.54) is 11.8 Å². The Morgan fingerprint density at radius 2 is 1.44 bits per heavy atom. The molecule has 0 radical (unpaired) electrons. The van der Waals surface area contributed by atoms with Crippen LogP contribution < -0.4 is 28.3 Å². The molecule has 18 heteroatoms. The Hall–Kier alpha value is -3.32. The summed E-state index contributed by atoms with van der Waals surface area (Å²) in [4.78, 5) is 73.4. The van der Waals surface area contributed by atoms with E-state index in [1.54, 1.807) is 0 Å². The lowest BCUT2D eigenvalue weighted by Crippen LogP contribution is -2.43. The Morgan fingerprint density at radius 3 is 1.78 bits per heavy atom. The van der Waals surface area contributed by atoms with Crippen LogP contribution in [0.2, 0.25) is 0 Å². The van der Waals surface area contributed by atoms with E-state index in [0.717, 1.165) is 0 Å². The molecule has 0 aromatic rings. The summed E-state index contributed by atoms with van der Waals surface area (Å²) in [6.45, 7) is -0.505. The van der Waals surface area contributed by atoms with E-state index in [1.807, 2.05) is 6.26 Å². The van der Waals surface area contributed by atoms with Crippen LogP contribution >= 0.6 is 11.8 Å². The summed E-state index contributed by atoms with van der Waals surface area (Å²) < 4.78 is 4.48. The molecule has 0 aliphatic rings. The number of hydrogen-bond donors (Lipinski definition) is 9. The van der Waals surface area contributed by atoms with Crippen molar-refractivity contribution in [2.45, 2.75) is 49.9 Å². The first kappa shape index (κ1) is 37.2. The zero-order valence-corrected chi connectivity index (χ0v) is 20.2. The fraction of sp³-hybridized carbons (Fsp3) is 0.611. The number of carbonyl (C=O) groups is 7. The van der Waals surface area contributed by atoms with Gasteiger partial charge in [0.15, 0.2) is 0 Å². The topological polar surface area (TPSA) is 326 Å². The Balaban J connectivity index is -0.000000532. The number of primary amides is 1. The number of thioether (sulfide) groups is 1. The van der Waals surface area contributed by atoms with E-state index in [0.29, 0.717) is 18.6 Å². The molecule has 36 heavy (non-hydrogen) atoms. The van der Waals surface area contributed by atoms with E-state index in [-0.39, 0.29) is 12.8 Å². The molecule has 0 unspecified atom stereocenters. The van der Waals surface area contributed by atoms with Crippen molar-refractivity contribution in [3.8, 4) is 0 Å². The van der Waals surface area contributed by atoms with Crippen LogP contribution in [-0.2, 0) is 38.3 Å². The second-order valence-electron chi connectivity index (χ2n) is 6.64. The zero-order valence-electron chi connectivity index (χ0n) is 19.4. The third kappa shape index (κ3) is 22.5. The van der Waals surface area contributed by atoms with Crippen molar-refractivity contribution in [3.63, 3.8) is 0 Å². The first-order valence-electron chi connectivity index (χ1n) is 9.91. The fourth-order valence-corrected chi connectivity index (χ4v) is 2.09. The van der Waals surface area contributed by atoms with Crippen LogP contribution in [-0.4, -0.2) is 105 Å². The summed E-state index contributed by atoms with van der Waals surface area (Å²) in [5.74, 6) is -5.51. The van der Waals surface area contributed by atoms with Crippen molar-refractivity contribution in [1.82, 2.24) is 5.32 Å². The van der Waals surface area contributed by atoms with Crippen molar-refractivity contribution in [2.24, 2.45) is 22.9 Å². The fourth-order valence-electron chi connectivity index (χ4n) is 1.61. The van der Waals surface area contributed by atoms with Gasteiger partial charge in [0.2, 0.25) is 12.3 Å². The molecule has 17 nitrogen and oxygen atoms in total. The molecule has 0 saturated heterocycles. The molecule has 0 bridgehead atoms. The second-order valence-corrected chi connectivity index (χ2v) is 7.63. The van der Waals surface area contributed by atoms with E-state index in [9.17, 15) is 33.6 Å². The van der Waals surface area contributed by atoms with Crippen LogP contribution in [0.15, 0.2) is 0 Å². The molecule has 4 atom stereocenters. The monoisotopic (exact) mass is 543 g/mol. The molecule has 13 N–H and O–H groups in total. The van der Waals surface area contributed by atoms with Gasteiger partial charge in [0, 0.05) is 6.42 Å². The van der Waals surface area contributed by atoms with Gasteiger partial charge in [-0.2, -0.15) is 11.8 Å². The standard InChI is InChI=1S/C10H17N3O5S.C5H9NO4.C3H7NO3/c1-19-3-2-7(13-5-14)10(17)18-9(16)6(11)4-8(12)15;6-3(5(9)10)1-2-4(7)8;4-2(1-5)3(6)7/h5-7H,2-4,11H2,1H3,(H2,12,15)(H,13,14);3H,1-2,6H2,(H,7,8)(H,9,10);2,5H,1,4H2,(H,6,7)/t6-,7-;3-;2-/m000/s1. The van der Waals surface area contributed by atoms with Gasteiger partial charge in [0.25, 0.3) is 0 Å². The Bertz CT molecular complexity index is 739. The third-order valence-electron chi connectivity index (χ3n) is 3.59. The number of esters is 2. The molecule has 0 aromatic heterocycles. The molecule has 0 heterocycles. The molecule has 0 saturated carbocycles. The summed E-state index contributed by atoms with van der Waals surface area (Å²) >= 11 is 1.47. The summed E-state index contributed by atoms with van der Waals surface area (Å²) in [6.07, 6.45) is 1.86. The minimum absolute atomic E-state index is 0.0231. The van der Waals surface area contributed by atoms with Crippen LogP contribution in [0.1, 0.15) is 25.7 Å². The van der Waals surface area contributed by atoms with E-state index >= 15 is 0 Å². The zero-order chi connectivity index (χ0) is 28.8. The van der Waals surface area contributed by atoms with E-state index < -0.39 is 72.9 Å². The number of amides is 2. The molecule has 2 amide bonds. The molecule has 208 valence electrons. The highest BCUT2D eigenvalue weighted by molar-refractivity contribution is 7.98. The van der Waals surface area contributed by atoms with Gasteiger partial charge in [-0.05, 0) is 24.9 Å². The SMILES string of the molecule is CSCC[C@H](NC=O)C(=O)OC(=O)[C@@H](N)CC(N)=O.N[C@@H](CCC(=O)O)C(=O)O.N[C@@H](CO)C(=O)O. The van der Waals surface area contributed by atoms with Gasteiger partial charge in [-0.1, -0.05) is 0 Å². The normalized spacial score (nSPS) is 13.0. The number of carboxylic acids is 3. The Kier molecular flexibility index (Phi) is 22.9. The smallest absolute Gasteiger partial charge is 0.336 e. The van der Waals surface area contributed by atoms with E-state index in [4.69, 9.17) is 43.4 Å². The van der Waals surface area contributed by atoms with Gasteiger partial charge in [-0.15, -0.1) is 0 Å². The quantitative estimate of drug-likeness (QED) is 0.0536. The van der Waals surface area contributed by atoms with Crippen LogP contribution in [0.5, 0.6) is 0 Å². The molecule has 0 spiro atoms. The summed E-state index contributed by atoms with van der Waals surface area (Å²) in [5, 5.41) is 34.4. The molecule has 0 aliphatic heterocycles. The minimum atomic E-state index is -1.29. The van der Waals surface area contributed by atoms with Crippen LogP contribution in [0.3, 0.4) is 0 Å². The third-order valence-corrected chi connectivity index (χ3v) is 4.23. The van der Waals surface area contributed by atoms with Crippen LogP contribution in [0.25, 0.3) is 0 Å². The number of nitrogens with two attached hydrogens (primary N) is 4. The molecule has 0 fully saturated rings. The maximum Gasteiger partial charge on any atom is 0.336 e. The van der Waals surface area contributed by atoms with Crippen molar-refractivity contribution in [3.05, 3.63) is 0 Å². The number of aliphatic hydroxyl groups is 1. The first-order valence-corrected chi connectivity index (χ1v) is 11.3. The van der Waals surface area contributed by atoms with Gasteiger partial charge in [-0.25, -0.2) is 9.59 Å². The lowest BCUT2D eigenvalue weighted by atomic mass is 10.2. The summed E-state index contributed by atoms with van der Waals surface area (Å²) in [6, 6.07) is -4.40. The van der Waals surface area contributed by atoms with Crippen molar-refractivity contribution in [1.29, 1.82) is 0 Å². The number of carboxylic acid groups (broad SMARTS) is 3. The lowest BCUT2D eigenvalue weighted by molar-refractivity contribution is -0.163. The number of carbonyl (C=O) groups excluding carboxylic acids is 4. The molecular formula is C18H33N5O12S. The number of ether oxygens (including phenoxy) is 1. The number of nitrogens with one attached hydrogen (secondary N) is 1. The van der Waals surface area contributed by atoms with E-state index in [2.05, 4.69) is 10.1 Å². The highest BCUT2D eigenvalue weighted by Gasteiger charge is 2.25. The predicted octanol–water partition coefficient (Wildman–Crippen LogP) is -4.22. The molecule has 0 rings (SSSR count). The van der Waals surface area contributed by atoms with Crippen molar-refractivity contribution in [2.75, 3.05) is 18.6 Å². The number of hydrogen-bond acceptors (Lipinski definition) is 13. The number of rotatable bonds is 15. The van der Waals surface area contributed by atoms with Gasteiger partial charge in [-0.3, -0.25) is 24.0 Å². The Labute approximate surface area is 209 Å². The van der Waals surface area contributed by atoms with Gasteiger partial charge >= 0.3 is 29.8 Å².